The Morgan fingerprint density at radius 2 is 2.00 bits per heavy atom. The van der Waals surface area contributed by atoms with E-state index in [4.69, 9.17) is 0 Å². The number of aryl methyl sites for hydroxylation is 1. The largest absolute Gasteiger partial charge is 0.342 e. The van der Waals surface area contributed by atoms with Crippen LogP contribution in [0.25, 0.3) is 0 Å². The van der Waals surface area contributed by atoms with E-state index in [1.807, 2.05) is 19.1 Å². The number of nitrogens with one attached hydrogen (secondary N) is 2. The van der Waals surface area contributed by atoms with Gasteiger partial charge < -0.3 is 15.2 Å². The van der Waals surface area contributed by atoms with E-state index < -0.39 is 23.6 Å². The van der Waals surface area contributed by atoms with Crippen molar-refractivity contribution in [1.29, 1.82) is 0 Å². The molecule has 1 aromatic heterocycles. The fraction of sp³-hybridized carbons (Fsp3) is 0.217. The number of thioether (sulfide) groups is 1. The summed E-state index contributed by atoms with van der Waals surface area (Å²) in [7, 11) is 0. The van der Waals surface area contributed by atoms with E-state index in [1.54, 1.807) is 29.7 Å². The number of carbonyl (C=O) groups excluding carboxylic acids is 2. The summed E-state index contributed by atoms with van der Waals surface area (Å²) in [6.07, 6.45) is 1.65. The van der Waals surface area contributed by atoms with Crippen LogP contribution in [0.3, 0.4) is 0 Å². The first kappa shape index (κ1) is 25.6. The minimum absolute atomic E-state index is 0.0948. The summed E-state index contributed by atoms with van der Waals surface area (Å²) in [6, 6.07) is 8.54. The molecule has 2 amide bonds. The molecule has 34 heavy (non-hydrogen) atoms. The molecule has 0 bridgehead atoms. The topological polar surface area (TPSA) is 88.9 Å². The van der Waals surface area contributed by atoms with Crippen LogP contribution in [0.15, 0.2) is 58.7 Å². The number of rotatable bonds is 9. The molecule has 0 unspecified atom stereocenters. The maximum absolute atomic E-state index is 14.0. The Bertz CT molecular complexity index is 1210. The summed E-state index contributed by atoms with van der Waals surface area (Å²) >= 11 is 4.13. The minimum atomic E-state index is -0.888. The monoisotopic (exact) mass is 549 g/mol. The molecule has 2 N–H and O–H groups in total. The van der Waals surface area contributed by atoms with Crippen LogP contribution < -0.4 is 10.6 Å². The van der Waals surface area contributed by atoms with Crippen molar-refractivity contribution in [2.75, 3.05) is 11.1 Å². The average Bonchev–Trinajstić information content (AvgIpc) is 3.18. The molecule has 0 fully saturated rings. The quantitative estimate of drug-likeness (QED) is 0.288. The van der Waals surface area contributed by atoms with E-state index in [0.29, 0.717) is 29.2 Å². The number of benzene rings is 2. The number of anilines is 1. The van der Waals surface area contributed by atoms with Crippen molar-refractivity contribution in [1.82, 2.24) is 20.1 Å². The molecule has 3 aromatic rings. The van der Waals surface area contributed by atoms with Gasteiger partial charge in [-0.1, -0.05) is 36.0 Å². The number of allylic oxidation sites excluding steroid dienone is 1. The summed E-state index contributed by atoms with van der Waals surface area (Å²) in [5.41, 5.74) is 1.27. The third-order valence-electron chi connectivity index (χ3n) is 4.79. The molecule has 0 radical (unpaired) electrons. The molecular formula is C23H22BrF2N5O2S. The van der Waals surface area contributed by atoms with Gasteiger partial charge in [0.15, 0.2) is 16.8 Å². The van der Waals surface area contributed by atoms with Crippen LogP contribution >= 0.6 is 27.7 Å². The summed E-state index contributed by atoms with van der Waals surface area (Å²) in [5.74, 6) is -1.99. The SMILES string of the molecule is C=CCn1c(SCC(=O)Nc2c(F)cc(F)cc2Br)nnc1[C@@H](C)NC(=O)c1ccccc1C. The molecule has 0 spiro atoms. The zero-order chi connectivity index (χ0) is 24.8. The fourth-order valence-corrected chi connectivity index (χ4v) is 4.42. The van der Waals surface area contributed by atoms with Crippen LogP contribution in [0, 0.1) is 18.6 Å². The Hall–Kier alpha value is -3.05. The van der Waals surface area contributed by atoms with Crippen molar-refractivity contribution in [3.05, 3.63) is 82.1 Å². The lowest BCUT2D eigenvalue weighted by atomic mass is 10.1. The van der Waals surface area contributed by atoms with Crippen LogP contribution in [-0.2, 0) is 11.3 Å². The molecule has 7 nitrogen and oxygen atoms in total. The first-order chi connectivity index (χ1) is 16.2. The van der Waals surface area contributed by atoms with E-state index in [-0.39, 0.29) is 21.8 Å². The van der Waals surface area contributed by atoms with Gasteiger partial charge in [-0.15, -0.1) is 16.8 Å². The molecule has 3 rings (SSSR count). The number of hydrogen-bond acceptors (Lipinski definition) is 5. The highest BCUT2D eigenvalue weighted by Gasteiger charge is 2.21. The van der Waals surface area contributed by atoms with E-state index >= 15 is 0 Å². The number of halogens is 3. The Labute approximate surface area is 208 Å². The number of carbonyl (C=O) groups is 2. The Kier molecular flexibility index (Phi) is 8.56. The number of nitrogens with zero attached hydrogens (tertiary/aromatic N) is 3. The second-order valence-corrected chi connectivity index (χ2v) is 9.13. The highest BCUT2D eigenvalue weighted by atomic mass is 79.9. The highest BCUT2D eigenvalue weighted by Crippen LogP contribution is 2.28. The van der Waals surface area contributed by atoms with Gasteiger partial charge in [-0.2, -0.15) is 0 Å². The molecule has 178 valence electrons. The van der Waals surface area contributed by atoms with Crippen molar-refractivity contribution < 1.29 is 18.4 Å². The van der Waals surface area contributed by atoms with Gasteiger partial charge in [0, 0.05) is 22.6 Å². The van der Waals surface area contributed by atoms with Gasteiger partial charge in [0.25, 0.3) is 5.91 Å². The summed E-state index contributed by atoms with van der Waals surface area (Å²) < 4.78 is 29.1. The lowest BCUT2D eigenvalue weighted by Crippen LogP contribution is -2.29. The number of amides is 2. The molecule has 0 saturated heterocycles. The fourth-order valence-electron chi connectivity index (χ4n) is 3.16. The minimum Gasteiger partial charge on any atom is -0.342 e. The predicted octanol–water partition coefficient (Wildman–Crippen LogP) is 5.04. The second-order valence-electron chi connectivity index (χ2n) is 7.33. The lowest BCUT2D eigenvalue weighted by Gasteiger charge is -2.16. The second kappa shape index (κ2) is 11.4. The first-order valence-electron chi connectivity index (χ1n) is 10.2. The van der Waals surface area contributed by atoms with Crippen LogP contribution in [0.2, 0.25) is 0 Å². The molecule has 0 saturated carbocycles. The van der Waals surface area contributed by atoms with Gasteiger partial charge in [0.05, 0.1) is 17.5 Å². The average molecular weight is 550 g/mol. The van der Waals surface area contributed by atoms with Crippen LogP contribution in [0.4, 0.5) is 14.5 Å². The number of aromatic nitrogens is 3. The molecule has 11 heteroatoms. The molecule has 1 heterocycles. The van der Waals surface area contributed by atoms with Gasteiger partial charge in [0.1, 0.15) is 5.82 Å². The van der Waals surface area contributed by atoms with Crippen LogP contribution in [0.1, 0.15) is 34.7 Å². The van der Waals surface area contributed by atoms with Crippen molar-refractivity contribution >= 4 is 45.2 Å². The zero-order valence-corrected chi connectivity index (χ0v) is 20.8. The zero-order valence-electron chi connectivity index (χ0n) is 18.4. The first-order valence-corrected chi connectivity index (χ1v) is 12.0. The predicted molar refractivity (Wildman–Crippen MR) is 131 cm³/mol. The van der Waals surface area contributed by atoms with Gasteiger partial charge in [-0.05, 0) is 47.5 Å². The van der Waals surface area contributed by atoms with Crippen molar-refractivity contribution in [2.24, 2.45) is 0 Å². The maximum atomic E-state index is 14.0. The van der Waals surface area contributed by atoms with Gasteiger partial charge in [-0.3, -0.25) is 9.59 Å². The van der Waals surface area contributed by atoms with Gasteiger partial charge in [0.2, 0.25) is 5.91 Å². The lowest BCUT2D eigenvalue weighted by molar-refractivity contribution is -0.113. The molecule has 2 aromatic carbocycles. The van der Waals surface area contributed by atoms with Gasteiger partial charge in [-0.25, -0.2) is 8.78 Å². The number of hydrogen-bond donors (Lipinski definition) is 2. The smallest absolute Gasteiger partial charge is 0.252 e. The Morgan fingerprint density at radius 1 is 1.26 bits per heavy atom. The molecule has 0 aliphatic carbocycles. The van der Waals surface area contributed by atoms with Crippen molar-refractivity contribution in [2.45, 2.75) is 31.6 Å². The van der Waals surface area contributed by atoms with E-state index in [9.17, 15) is 18.4 Å². The van der Waals surface area contributed by atoms with Crippen LogP contribution in [0.5, 0.6) is 0 Å². The van der Waals surface area contributed by atoms with Crippen LogP contribution in [-0.4, -0.2) is 32.3 Å². The normalized spacial score (nSPS) is 11.7. The summed E-state index contributed by atoms with van der Waals surface area (Å²) in [4.78, 5) is 25.1. The van der Waals surface area contributed by atoms with Crippen molar-refractivity contribution in [3.63, 3.8) is 0 Å². The van der Waals surface area contributed by atoms with Gasteiger partial charge >= 0.3 is 0 Å². The highest BCUT2D eigenvalue weighted by molar-refractivity contribution is 9.10. The third-order valence-corrected chi connectivity index (χ3v) is 6.38. The van der Waals surface area contributed by atoms with Crippen molar-refractivity contribution in [3.8, 4) is 0 Å². The summed E-state index contributed by atoms with van der Waals surface area (Å²) in [6.45, 7) is 7.75. The van der Waals surface area contributed by atoms with E-state index in [2.05, 4.69) is 43.3 Å². The molecular weight excluding hydrogens is 528 g/mol. The molecule has 1 atom stereocenters. The Balaban J connectivity index is 1.70. The van der Waals surface area contributed by atoms with E-state index in [1.165, 1.54) is 0 Å². The molecule has 0 aliphatic heterocycles. The molecule has 0 aliphatic rings. The van der Waals surface area contributed by atoms with E-state index in [0.717, 1.165) is 23.4 Å². The summed E-state index contributed by atoms with van der Waals surface area (Å²) in [5, 5.41) is 14.1. The Morgan fingerprint density at radius 3 is 2.68 bits per heavy atom. The third kappa shape index (κ3) is 6.09. The maximum Gasteiger partial charge on any atom is 0.252 e. The standard InChI is InChI=1S/C23H22BrF2N5O2S/c1-4-9-31-21(14(3)27-22(33)16-8-6-5-7-13(16)2)29-30-23(31)34-12-19(32)28-20-17(24)10-15(25)11-18(20)26/h4-8,10-11,14H,1,9,12H2,2-3H3,(H,27,33)(H,28,32)/t14-/m1/s1.